The van der Waals surface area contributed by atoms with Crippen molar-refractivity contribution in [1.29, 1.82) is 0 Å². The minimum atomic E-state index is 0.501. The van der Waals surface area contributed by atoms with E-state index >= 15 is 0 Å². The summed E-state index contributed by atoms with van der Waals surface area (Å²) in [6, 6.07) is 8.25. The first-order chi connectivity index (χ1) is 9.81. The lowest BCUT2D eigenvalue weighted by Crippen LogP contribution is -2.21. The van der Waals surface area contributed by atoms with Gasteiger partial charge in [-0.05, 0) is 49.8 Å². The van der Waals surface area contributed by atoms with Crippen LogP contribution in [-0.4, -0.2) is 25.8 Å². The molecule has 0 spiro atoms. The molecule has 20 heavy (non-hydrogen) atoms. The maximum absolute atomic E-state index is 6.35. The maximum atomic E-state index is 6.35. The van der Waals surface area contributed by atoms with Crippen LogP contribution >= 0.6 is 11.6 Å². The molecular weight excluding hydrogens is 270 g/mol. The summed E-state index contributed by atoms with van der Waals surface area (Å²) in [5.74, 6) is 0.505. The molecule has 0 amide bonds. The highest BCUT2D eigenvalue weighted by Crippen LogP contribution is 2.29. The summed E-state index contributed by atoms with van der Waals surface area (Å²) in [5, 5.41) is 4.36. The van der Waals surface area contributed by atoms with Gasteiger partial charge in [0.1, 0.15) is 0 Å². The molecule has 0 saturated carbocycles. The van der Waals surface area contributed by atoms with Crippen LogP contribution < -0.4 is 5.32 Å². The van der Waals surface area contributed by atoms with Gasteiger partial charge >= 0.3 is 0 Å². The van der Waals surface area contributed by atoms with E-state index in [-0.39, 0.29) is 0 Å². The molecule has 2 unspecified atom stereocenters. The van der Waals surface area contributed by atoms with Crippen LogP contribution in [0.3, 0.4) is 0 Å². The van der Waals surface area contributed by atoms with Crippen molar-refractivity contribution in [1.82, 2.24) is 5.32 Å². The fraction of sp³-hybridized carbons (Fsp3) is 0.647. The van der Waals surface area contributed by atoms with E-state index in [4.69, 9.17) is 16.3 Å². The first-order valence-electron chi connectivity index (χ1n) is 7.88. The van der Waals surface area contributed by atoms with Crippen LogP contribution in [0, 0.1) is 0 Å². The number of nitrogens with one attached hydrogen (secondary N) is 1. The van der Waals surface area contributed by atoms with Gasteiger partial charge in [-0.3, -0.25) is 0 Å². The van der Waals surface area contributed by atoms with Gasteiger partial charge < -0.3 is 10.1 Å². The predicted molar refractivity (Wildman–Crippen MR) is 85.6 cm³/mol. The van der Waals surface area contributed by atoms with Gasteiger partial charge in [0.05, 0.1) is 6.10 Å². The van der Waals surface area contributed by atoms with Crippen molar-refractivity contribution >= 4 is 11.6 Å². The fourth-order valence-corrected chi connectivity index (χ4v) is 3.25. The minimum absolute atomic E-state index is 0.501. The molecule has 0 bridgehead atoms. The number of hydrogen-bond donors (Lipinski definition) is 1. The molecule has 1 aromatic carbocycles. The van der Waals surface area contributed by atoms with Crippen LogP contribution in [0.1, 0.15) is 50.5 Å². The number of likely N-dealkylation sites (N-methyl/N-ethyl adjacent to an activating group) is 1. The standard InChI is InChI=1S/C17H26ClNO/c1-2-19-13-14(16-10-3-4-11-17(16)18)7-5-8-15-9-6-12-20-15/h3-4,10-11,14-15,19H,2,5-9,12-13H2,1H3. The average molecular weight is 296 g/mol. The molecule has 2 rings (SSSR count). The molecule has 1 aliphatic heterocycles. The highest BCUT2D eigenvalue weighted by Gasteiger charge is 2.18. The molecule has 1 heterocycles. The number of benzene rings is 1. The molecule has 1 aliphatic rings. The lowest BCUT2D eigenvalue weighted by molar-refractivity contribution is 0.101. The second kappa shape index (κ2) is 8.66. The molecule has 2 nitrogen and oxygen atoms in total. The summed E-state index contributed by atoms with van der Waals surface area (Å²) in [5.41, 5.74) is 1.28. The van der Waals surface area contributed by atoms with Crippen molar-refractivity contribution in [3.05, 3.63) is 34.9 Å². The van der Waals surface area contributed by atoms with Crippen LogP contribution in [0.4, 0.5) is 0 Å². The average Bonchev–Trinajstić information content (AvgIpc) is 2.97. The molecule has 112 valence electrons. The Labute approximate surface area is 127 Å². The third-order valence-corrected chi connectivity index (χ3v) is 4.43. The Balaban J connectivity index is 1.87. The van der Waals surface area contributed by atoms with Crippen molar-refractivity contribution in [2.24, 2.45) is 0 Å². The summed E-state index contributed by atoms with van der Waals surface area (Å²) in [6.07, 6.45) is 6.55. The number of hydrogen-bond acceptors (Lipinski definition) is 2. The van der Waals surface area contributed by atoms with Crippen LogP contribution in [0.5, 0.6) is 0 Å². The molecule has 2 atom stereocenters. The Hall–Kier alpha value is -0.570. The summed E-state index contributed by atoms with van der Waals surface area (Å²) in [6.45, 7) is 5.12. The van der Waals surface area contributed by atoms with Crippen LogP contribution in [0.15, 0.2) is 24.3 Å². The third kappa shape index (κ3) is 4.76. The van der Waals surface area contributed by atoms with Crippen LogP contribution in [0.25, 0.3) is 0 Å². The first kappa shape index (κ1) is 15.8. The van der Waals surface area contributed by atoms with Crippen LogP contribution in [-0.2, 0) is 4.74 Å². The molecule has 1 saturated heterocycles. The molecule has 0 aliphatic carbocycles. The van der Waals surface area contributed by atoms with E-state index in [2.05, 4.69) is 24.4 Å². The van der Waals surface area contributed by atoms with Crippen LogP contribution in [0.2, 0.25) is 5.02 Å². The third-order valence-electron chi connectivity index (χ3n) is 4.09. The van der Waals surface area contributed by atoms with E-state index < -0.39 is 0 Å². The van der Waals surface area contributed by atoms with E-state index in [9.17, 15) is 0 Å². The lowest BCUT2D eigenvalue weighted by Gasteiger charge is -2.20. The van der Waals surface area contributed by atoms with Gasteiger partial charge in [-0.1, -0.05) is 43.1 Å². The Morgan fingerprint density at radius 2 is 2.25 bits per heavy atom. The van der Waals surface area contributed by atoms with E-state index in [1.165, 1.54) is 37.7 Å². The second-order valence-electron chi connectivity index (χ2n) is 5.59. The van der Waals surface area contributed by atoms with Gasteiger partial charge in [-0.2, -0.15) is 0 Å². The Morgan fingerprint density at radius 1 is 1.40 bits per heavy atom. The number of ether oxygens (including phenoxy) is 1. The predicted octanol–water partition coefficient (Wildman–Crippen LogP) is 4.38. The van der Waals surface area contributed by atoms with Crippen molar-refractivity contribution < 1.29 is 4.74 Å². The number of rotatable bonds is 8. The second-order valence-corrected chi connectivity index (χ2v) is 6.00. The highest BCUT2D eigenvalue weighted by molar-refractivity contribution is 6.31. The van der Waals surface area contributed by atoms with E-state index in [0.29, 0.717) is 12.0 Å². The van der Waals surface area contributed by atoms with Crippen molar-refractivity contribution in [3.63, 3.8) is 0 Å². The van der Waals surface area contributed by atoms with E-state index in [1.54, 1.807) is 0 Å². The van der Waals surface area contributed by atoms with E-state index in [1.807, 2.05) is 12.1 Å². The lowest BCUT2D eigenvalue weighted by atomic mass is 9.92. The smallest absolute Gasteiger partial charge is 0.0576 e. The molecule has 1 fully saturated rings. The molecule has 3 heteroatoms. The fourth-order valence-electron chi connectivity index (χ4n) is 2.96. The monoisotopic (exact) mass is 295 g/mol. The Morgan fingerprint density at radius 3 is 2.95 bits per heavy atom. The molecule has 1 N–H and O–H groups in total. The highest BCUT2D eigenvalue weighted by atomic mass is 35.5. The van der Waals surface area contributed by atoms with Gasteiger partial charge in [0.15, 0.2) is 0 Å². The molecular formula is C17H26ClNO. The van der Waals surface area contributed by atoms with Gasteiger partial charge in [-0.25, -0.2) is 0 Å². The molecule has 0 radical (unpaired) electrons. The van der Waals surface area contributed by atoms with Gasteiger partial charge in [0.2, 0.25) is 0 Å². The zero-order chi connectivity index (χ0) is 14.2. The zero-order valence-corrected chi connectivity index (χ0v) is 13.2. The normalized spacial score (nSPS) is 20.2. The Bertz CT molecular complexity index is 390. The largest absolute Gasteiger partial charge is 0.378 e. The van der Waals surface area contributed by atoms with Gasteiger partial charge in [0.25, 0.3) is 0 Å². The quantitative estimate of drug-likeness (QED) is 0.768. The zero-order valence-electron chi connectivity index (χ0n) is 12.4. The minimum Gasteiger partial charge on any atom is -0.378 e. The molecule has 0 aromatic heterocycles. The SMILES string of the molecule is CCNCC(CCCC1CCCO1)c1ccccc1Cl. The maximum Gasteiger partial charge on any atom is 0.0576 e. The van der Waals surface area contributed by atoms with Crippen molar-refractivity contribution in [2.75, 3.05) is 19.7 Å². The van der Waals surface area contributed by atoms with Crippen molar-refractivity contribution in [2.45, 2.75) is 51.0 Å². The van der Waals surface area contributed by atoms with Crippen molar-refractivity contribution in [3.8, 4) is 0 Å². The van der Waals surface area contributed by atoms with Gasteiger partial charge in [0, 0.05) is 18.2 Å². The summed E-state index contributed by atoms with van der Waals surface area (Å²) < 4.78 is 5.70. The number of halogens is 1. The molecule has 1 aromatic rings. The summed E-state index contributed by atoms with van der Waals surface area (Å²) >= 11 is 6.35. The topological polar surface area (TPSA) is 21.3 Å². The summed E-state index contributed by atoms with van der Waals surface area (Å²) in [7, 11) is 0. The van der Waals surface area contributed by atoms with E-state index in [0.717, 1.165) is 24.7 Å². The Kier molecular flexibility index (Phi) is 6.85. The first-order valence-corrected chi connectivity index (χ1v) is 8.25. The van der Waals surface area contributed by atoms with Gasteiger partial charge in [-0.15, -0.1) is 0 Å². The summed E-state index contributed by atoms with van der Waals surface area (Å²) in [4.78, 5) is 0.